The van der Waals surface area contributed by atoms with Crippen molar-refractivity contribution < 1.29 is 59.4 Å². The summed E-state index contributed by atoms with van der Waals surface area (Å²) >= 11 is 0. The number of urea groups is 1. The number of amides is 6. The van der Waals surface area contributed by atoms with E-state index in [0.29, 0.717) is 23.5 Å². The molecule has 6 amide bonds. The molecule has 4 aromatic carbocycles. The number of benzene rings is 4. The molecule has 0 radical (unpaired) electrons. The summed E-state index contributed by atoms with van der Waals surface area (Å²) in [6.45, 7) is 3.09. The van der Waals surface area contributed by atoms with Crippen molar-refractivity contribution in [2.45, 2.75) is 38.8 Å². The van der Waals surface area contributed by atoms with Crippen LogP contribution in [0.2, 0.25) is 0 Å². The van der Waals surface area contributed by atoms with Crippen LogP contribution in [0.15, 0.2) is 84.9 Å². The van der Waals surface area contributed by atoms with Gasteiger partial charge in [0.1, 0.15) is 35.4 Å². The molecule has 5 N–H and O–H groups in total. The van der Waals surface area contributed by atoms with Crippen molar-refractivity contribution in [3.8, 4) is 0 Å². The van der Waals surface area contributed by atoms with Crippen LogP contribution in [0.1, 0.15) is 25.0 Å². The van der Waals surface area contributed by atoms with E-state index >= 15 is 0 Å². The summed E-state index contributed by atoms with van der Waals surface area (Å²) in [6.07, 6.45) is -2.66. The molecule has 21 heteroatoms. The van der Waals surface area contributed by atoms with Crippen LogP contribution < -0.4 is 35.2 Å². The molecule has 0 aliphatic rings. The molecule has 0 aromatic heterocycles. The molecule has 320 valence electrons. The molecule has 0 aliphatic carbocycles. The standard InChI is InChI=1S/C39H41F4N7O9S/c1-5-49(31-11-7-29(8-12-31)44-38(54)58-3)35(51)33(19-23-15-25(40)21-26(41)16-23)46-37(53)48-60(56,57)47-34(20-24-17-27(42)22-28(43)18-24)36(52)50(6-2)32-13-9-30(10-14-32)45-39(55)59-4/h7-18,21-22,33-34,47H,5-6,19-20H2,1-4H3,(H,44,54)(H,45,55)(H2,46,48,53)/t33-,34-/m0/s1. The third-order valence-corrected chi connectivity index (χ3v) is 9.59. The Kier molecular flexibility index (Phi) is 15.9. The first-order valence-electron chi connectivity index (χ1n) is 18.0. The summed E-state index contributed by atoms with van der Waals surface area (Å²) in [5.41, 5.74) is 0.876. The second-order valence-electron chi connectivity index (χ2n) is 12.8. The lowest BCUT2D eigenvalue weighted by atomic mass is 10.0. The van der Waals surface area contributed by atoms with E-state index in [1.807, 2.05) is 4.72 Å². The smallest absolute Gasteiger partial charge is 0.411 e. The number of hydrogen-bond acceptors (Lipinski definition) is 9. The van der Waals surface area contributed by atoms with Crippen molar-refractivity contribution in [2.75, 3.05) is 47.7 Å². The van der Waals surface area contributed by atoms with Crippen LogP contribution in [-0.4, -0.2) is 77.8 Å². The molecule has 0 unspecified atom stereocenters. The Hall–Kier alpha value is -6.74. The number of likely N-dealkylation sites (N-methyl/N-ethyl adjacent to an activating group) is 2. The lowest BCUT2D eigenvalue weighted by molar-refractivity contribution is -0.120. The Morgan fingerprint density at radius 2 is 0.967 bits per heavy atom. The number of nitrogens with one attached hydrogen (secondary N) is 5. The molecule has 4 rings (SSSR count). The summed E-state index contributed by atoms with van der Waals surface area (Å²) in [7, 11) is -2.73. The second-order valence-corrected chi connectivity index (χ2v) is 14.2. The molecular weight excluding hydrogens is 819 g/mol. The Balaban J connectivity index is 1.62. The van der Waals surface area contributed by atoms with E-state index in [1.165, 1.54) is 60.5 Å². The SMILES string of the molecule is CCN(C(=O)[C@H](Cc1cc(F)cc(F)c1)NC(=O)NS(=O)(=O)N[C@@H](Cc1cc(F)cc(F)c1)C(=O)N(CC)c1ccc(NC(=O)OC)cc1)c1ccc(NC(=O)OC)cc1. The van der Waals surface area contributed by atoms with Crippen molar-refractivity contribution in [3.63, 3.8) is 0 Å². The van der Waals surface area contributed by atoms with Gasteiger partial charge in [0.05, 0.1) is 14.2 Å². The number of anilines is 4. The number of carbonyl (C=O) groups excluding carboxylic acids is 5. The highest BCUT2D eigenvalue weighted by atomic mass is 32.2. The number of rotatable bonds is 16. The lowest BCUT2D eigenvalue weighted by Gasteiger charge is -2.28. The molecule has 0 heterocycles. The normalized spacial score (nSPS) is 12.0. The third-order valence-electron chi connectivity index (χ3n) is 8.54. The van der Waals surface area contributed by atoms with Gasteiger partial charge in [-0.05, 0) is 104 Å². The Labute approximate surface area is 342 Å². The molecule has 0 bridgehead atoms. The predicted octanol–water partition coefficient (Wildman–Crippen LogP) is 5.36. The van der Waals surface area contributed by atoms with Crippen molar-refractivity contribution in [3.05, 3.63) is 119 Å². The second kappa shape index (κ2) is 20.8. The molecule has 0 saturated heterocycles. The van der Waals surface area contributed by atoms with Crippen molar-refractivity contribution in [2.24, 2.45) is 0 Å². The summed E-state index contributed by atoms with van der Waals surface area (Å²) in [5, 5.41) is 7.11. The van der Waals surface area contributed by atoms with E-state index < -0.39 is 88.4 Å². The lowest BCUT2D eigenvalue weighted by Crippen LogP contribution is -2.57. The van der Waals surface area contributed by atoms with E-state index in [2.05, 4.69) is 25.4 Å². The van der Waals surface area contributed by atoms with Crippen molar-refractivity contribution >= 4 is 63.0 Å². The quantitative estimate of drug-likeness (QED) is 0.0919. The van der Waals surface area contributed by atoms with Crippen LogP contribution in [0.4, 0.5) is 54.7 Å². The summed E-state index contributed by atoms with van der Waals surface area (Å²) in [6, 6.07) is 11.3. The molecule has 0 fully saturated rings. The Bertz CT molecular complexity index is 2260. The number of hydrogen-bond donors (Lipinski definition) is 5. The average molecular weight is 860 g/mol. The van der Waals surface area contributed by atoms with Crippen molar-refractivity contribution in [1.82, 2.24) is 14.8 Å². The number of carbonyl (C=O) groups is 5. The summed E-state index contributed by atoms with van der Waals surface area (Å²) in [5.74, 6) is -5.77. The van der Waals surface area contributed by atoms with Gasteiger partial charge in [-0.15, -0.1) is 0 Å². The first kappa shape index (κ1) is 46.0. The van der Waals surface area contributed by atoms with Crippen LogP contribution >= 0.6 is 0 Å². The van der Waals surface area contributed by atoms with Gasteiger partial charge in [-0.1, -0.05) is 0 Å². The highest BCUT2D eigenvalue weighted by Crippen LogP contribution is 2.22. The van der Waals surface area contributed by atoms with E-state index in [0.717, 1.165) is 36.3 Å². The minimum Gasteiger partial charge on any atom is -0.453 e. The average Bonchev–Trinajstić information content (AvgIpc) is 3.18. The fourth-order valence-corrected chi connectivity index (χ4v) is 6.85. The number of nitrogens with zero attached hydrogens (tertiary/aromatic N) is 2. The minimum absolute atomic E-state index is 0.0112. The van der Waals surface area contributed by atoms with Gasteiger partial charge in [0.15, 0.2) is 0 Å². The largest absolute Gasteiger partial charge is 0.453 e. The number of methoxy groups -OCH3 is 2. The molecule has 0 saturated carbocycles. The van der Waals surface area contributed by atoms with Crippen LogP contribution in [0.3, 0.4) is 0 Å². The van der Waals surface area contributed by atoms with E-state index in [9.17, 15) is 50.0 Å². The number of halogens is 4. The van der Waals surface area contributed by atoms with Gasteiger partial charge < -0.3 is 24.6 Å². The van der Waals surface area contributed by atoms with Gasteiger partial charge in [-0.2, -0.15) is 13.1 Å². The van der Waals surface area contributed by atoms with Gasteiger partial charge in [0, 0.05) is 54.4 Å². The van der Waals surface area contributed by atoms with Gasteiger partial charge in [-0.3, -0.25) is 20.2 Å². The van der Waals surface area contributed by atoms with Gasteiger partial charge >= 0.3 is 28.4 Å². The Morgan fingerprint density at radius 1 is 0.600 bits per heavy atom. The first-order valence-corrected chi connectivity index (χ1v) is 19.5. The fraction of sp³-hybridized carbons (Fsp3) is 0.256. The first-order chi connectivity index (χ1) is 28.4. The van der Waals surface area contributed by atoms with E-state index in [1.54, 1.807) is 18.6 Å². The minimum atomic E-state index is -5.06. The number of ether oxygens (including phenoxy) is 2. The molecule has 2 atom stereocenters. The molecule has 0 aliphatic heterocycles. The maximum Gasteiger partial charge on any atom is 0.411 e. The summed E-state index contributed by atoms with van der Waals surface area (Å²) < 4.78 is 96.8. The van der Waals surface area contributed by atoms with Gasteiger partial charge in [-0.25, -0.2) is 36.7 Å². The highest BCUT2D eigenvalue weighted by Gasteiger charge is 2.32. The van der Waals surface area contributed by atoms with Crippen LogP contribution in [0.5, 0.6) is 0 Å². The summed E-state index contributed by atoms with van der Waals surface area (Å²) in [4.78, 5) is 67.0. The molecule has 0 spiro atoms. The maximum atomic E-state index is 14.2. The zero-order valence-electron chi connectivity index (χ0n) is 32.6. The van der Waals surface area contributed by atoms with Crippen molar-refractivity contribution in [1.29, 1.82) is 0 Å². The fourth-order valence-electron chi connectivity index (χ4n) is 5.93. The zero-order chi connectivity index (χ0) is 44.1. The maximum absolute atomic E-state index is 14.2. The predicted molar refractivity (Wildman–Crippen MR) is 212 cm³/mol. The van der Waals surface area contributed by atoms with Crippen LogP contribution in [0.25, 0.3) is 0 Å². The van der Waals surface area contributed by atoms with E-state index in [4.69, 9.17) is 0 Å². The monoisotopic (exact) mass is 859 g/mol. The molecule has 60 heavy (non-hydrogen) atoms. The van der Waals surface area contributed by atoms with Gasteiger partial charge in [0.25, 0.3) is 0 Å². The molecular formula is C39H41F4N7O9S. The Morgan fingerprint density at radius 3 is 1.33 bits per heavy atom. The van der Waals surface area contributed by atoms with Crippen LogP contribution in [0, 0.1) is 23.3 Å². The van der Waals surface area contributed by atoms with Crippen LogP contribution in [-0.2, 0) is 42.1 Å². The zero-order valence-corrected chi connectivity index (χ0v) is 33.4. The molecule has 4 aromatic rings. The van der Waals surface area contributed by atoms with E-state index in [-0.39, 0.29) is 35.6 Å². The topological polar surface area (TPSA) is 205 Å². The third kappa shape index (κ3) is 13.1. The highest BCUT2D eigenvalue weighted by molar-refractivity contribution is 7.88. The molecule has 16 nitrogen and oxygen atoms in total. The van der Waals surface area contributed by atoms with Gasteiger partial charge in [0.2, 0.25) is 11.8 Å².